The number of hydrogen-bond acceptors (Lipinski definition) is 3. The van der Waals surface area contributed by atoms with E-state index in [0.717, 1.165) is 0 Å². The fraction of sp³-hybridized carbons (Fsp3) is 0.833. The molecule has 0 aliphatic carbocycles. The molecule has 0 aliphatic rings. The topological polar surface area (TPSA) is 113 Å². The minimum Gasteiger partial charge on any atom is -1.00 e. The van der Waals surface area contributed by atoms with Crippen molar-refractivity contribution < 1.29 is 125 Å². The Labute approximate surface area is 178 Å². The average molecular weight is 290 g/mol. The van der Waals surface area contributed by atoms with Gasteiger partial charge in [0, 0.05) is 0 Å². The van der Waals surface area contributed by atoms with Crippen molar-refractivity contribution in [3.8, 4) is 0 Å². The van der Waals surface area contributed by atoms with Gasteiger partial charge in [0.1, 0.15) is 0 Å². The molecule has 0 aromatic carbocycles. The second-order valence-electron chi connectivity index (χ2n) is 3.26. The summed E-state index contributed by atoms with van der Waals surface area (Å²) in [6, 6.07) is -0.868. The van der Waals surface area contributed by atoms with Crippen LogP contribution in [0.15, 0.2) is 0 Å². The van der Waals surface area contributed by atoms with Crippen LogP contribution in [-0.2, 0) is 9.36 Å². The number of nitrogens with two attached hydrogens (primary N) is 1. The molecular weight excluding hydrogens is 273 g/mol. The van der Waals surface area contributed by atoms with Gasteiger partial charge in [-0.05, 0) is 12.3 Å². The van der Waals surface area contributed by atoms with E-state index in [0.29, 0.717) is 6.42 Å². The maximum atomic E-state index is 11.0. The molecule has 0 bridgehead atoms. The van der Waals surface area contributed by atoms with Crippen LogP contribution in [0.3, 0.4) is 0 Å². The Morgan fingerprint density at radius 1 is 1.47 bits per heavy atom. The van der Waals surface area contributed by atoms with Gasteiger partial charge in [-0.25, -0.2) is 4.57 Å². The molecule has 6 nitrogen and oxygen atoms in total. The van der Waals surface area contributed by atoms with E-state index in [1.807, 2.05) is 13.8 Å². The molecule has 82 valence electrons. The number of nitrogens with one attached hydrogen (secondary N) is 1. The van der Waals surface area contributed by atoms with Crippen LogP contribution in [0.25, 0.3) is 0 Å². The van der Waals surface area contributed by atoms with Crippen molar-refractivity contribution in [1.29, 1.82) is 0 Å². The number of amides is 1. The summed E-state index contributed by atoms with van der Waals surface area (Å²) in [4.78, 5) is 27.8. The summed E-state index contributed by atoms with van der Waals surface area (Å²) in [6.45, 7) is 3.73. The molecule has 0 unspecified atom stereocenters. The van der Waals surface area contributed by atoms with Gasteiger partial charge in [-0.3, -0.25) is 9.88 Å². The Morgan fingerprint density at radius 2 is 1.87 bits per heavy atom. The zero-order valence-electron chi connectivity index (χ0n) is 11.6. The maximum absolute atomic E-state index is 11.0. The van der Waals surface area contributed by atoms with E-state index in [1.165, 1.54) is 5.09 Å². The molecule has 0 fully saturated rings. The van der Waals surface area contributed by atoms with Crippen LogP contribution >= 0.6 is 7.75 Å². The van der Waals surface area contributed by atoms with Gasteiger partial charge in [0.05, 0.1) is 6.04 Å². The first-order valence-corrected chi connectivity index (χ1v) is 5.47. The van der Waals surface area contributed by atoms with Crippen LogP contribution in [0.5, 0.6) is 0 Å². The number of hydrogen-bond donors (Lipinski definition) is 4. The van der Waals surface area contributed by atoms with E-state index in [-0.39, 0.29) is 112 Å². The van der Waals surface area contributed by atoms with E-state index in [1.54, 1.807) is 0 Å². The van der Waals surface area contributed by atoms with E-state index in [9.17, 15) is 9.36 Å². The molecule has 0 radical (unpaired) electrons. The molecule has 0 aromatic rings. The Morgan fingerprint density at radius 3 is 2.13 bits per heavy atom. The Balaban J connectivity index is -0.000000120. The molecule has 0 spiro atoms. The van der Waals surface area contributed by atoms with Crippen molar-refractivity contribution in [2.75, 3.05) is 0 Å². The van der Waals surface area contributed by atoms with Gasteiger partial charge in [-0.2, -0.15) is 0 Å². The van der Waals surface area contributed by atoms with Crippen LogP contribution in [0.2, 0.25) is 0 Å². The minimum atomic E-state index is -4.50. The van der Waals surface area contributed by atoms with E-state index in [4.69, 9.17) is 15.5 Å². The molecule has 0 rings (SSSR count). The van der Waals surface area contributed by atoms with Gasteiger partial charge in [0.2, 0.25) is 5.91 Å². The zero-order valence-corrected chi connectivity index (χ0v) is 16.7. The summed E-state index contributed by atoms with van der Waals surface area (Å²) < 4.78 is 10.3. The SMILES string of the molecule is CC(C)C[C@H](N)C(=O)NP(=O)(O)O.[H-].[H-].[K+].[K+]. The fourth-order valence-corrected chi connectivity index (χ4v) is 1.29. The van der Waals surface area contributed by atoms with Crippen molar-refractivity contribution >= 4 is 13.7 Å². The van der Waals surface area contributed by atoms with Gasteiger partial charge < -0.3 is 18.4 Å². The largest absolute Gasteiger partial charge is 1.00 e. The first-order chi connectivity index (χ1) is 5.72. The molecular formula is C6H17K2N2O4P. The quantitative estimate of drug-likeness (QED) is 0.304. The predicted octanol–water partition coefficient (Wildman–Crippen LogP) is -6.20. The van der Waals surface area contributed by atoms with Gasteiger partial charge in [-0.1, -0.05) is 13.8 Å². The molecule has 15 heavy (non-hydrogen) atoms. The normalized spacial score (nSPS) is 12.4. The Bertz CT molecular complexity index is 242. The standard InChI is InChI=1S/C6H15N2O4P.2K.2H/c1-4(2)3-5(7)6(9)8-13(10,11)12;;;;/h4-5H,3,7H2,1-2H3,(H3,8,9,10,11,12);;;;/q;2*+1;2*-1/t5-;;;;/m0..../s1. The van der Waals surface area contributed by atoms with Gasteiger partial charge in [-0.15, -0.1) is 0 Å². The number of carbonyl (C=O) groups is 1. The van der Waals surface area contributed by atoms with Crippen molar-refractivity contribution in [2.24, 2.45) is 11.7 Å². The molecule has 1 atom stereocenters. The molecule has 0 saturated heterocycles. The summed E-state index contributed by atoms with van der Waals surface area (Å²) in [5, 5.41) is 1.53. The molecule has 1 amide bonds. The third kappa shape index (κ3) is 14.8. The van der Waals surface area contributed by atoms with Crippen LogP contribution < -0.4 is 114 Å². The third-order valence-electron chi connectivity index (χ3n) is 1.32. The van der Waals surface area contributed by atoms with Crippen LogP contribution in [0.1, 0.15) is 23.1 Å². The fourth-order valence-electron chi connectivity index (χ4n) is 0.841. The molecule has 0 aromatic heterocycles. The second kappa shape index (κ2) is 10.7. The molecule has 0 heterocycles. The Hall–Kier alpha value is 2.85. The van der Waals surface area contributed by atoms with Gasteiger partial charge in [0.15, 0.2) is 0 Å². The van der Waals surface area contributed by atoms with Crippen molar-refractivity contribution in [2.45, 2.75) is 26.3 Å². The number of rotatable bonds is 4. The maximum Gasteiger partial charge on any atom is 1.00 e. The molecule has 9 heteroatoms. The van der Waals surface area contributed by atoms with Crippen molar-refractivity contribution in [1.82, 2.24) is 5.09 Å². The first kappa shape index (κ1) is 23.0. The van der Waals surface area contributed by atoms with E-state index in [2.05, 4.69) is 0 Å². The van der Waals surface area contributed by atoms with E-state index < -0.39 is 19.7 Å². The van der Waals surface area contributed by atoms with Crippen LogP contribution in [0.4, 0.5) is 0 Å². The summed E-state index contributed by atoms with van der Waals surface area (Å²) in [6.07, 6.45) is 0.395. The Kier molecular flexibility index (Phi) is 16.5. The van der Waals surface area contributed by atoms with E-state index >= 15 is 0 Å². The zero-order chi connectivity index (χ0) is 10.6. The van der Waals surface area contributed by atoms with Gasteiger partial charge >= 0.3 is 111 Å². The first-order valence-electron chi connectivity index (χ1n) is 3.85. The molecule has 0 saturated carbocycles. The average Bonchev–Trinajstić information content (AvgIpc) is 1.81. The minimum absolute atomic E-state index is 0. The monoisotopic (exact) mass is 290 g/mol. The summed E-state index contributed by atoms with van der Waals surface area (Å²) >= 11 is 0. The molecule has 0 aliphatic heterocycles. The second-order valence-corrected chi connectivity index (χ2v) is 4.57. The summed E-state index contributed by atoms with van der Waals surface area (Å²) in [7, 11) is -4.50. The van der Waals surface area contributed by atoms with Gasteiger partial charge in [0.25, 0.3) is 0 Å². The molecule has 5 N–H and O–H groups in total. The van der Waals surface area contributed by atoms with Crippen molar-refractivity contribution in [3.63, 3.8) is 0 Å². The predicted molar refractivity (Wildman–Crippen MR) is 49.8 cm³/mol. The summed E-state index contributed by atoms with van der Waals surface area (Å²) in [5.41, 5.74) is 5.37. The van der Waals surface area contributed by atoms with Crippen LogP contribution in [-0.4, -0.2) is 21.7 Å². The van der Waals surface area contributed by atoms with Crippen LogP contribution in [0, 0.1) is 5.92 Å². The smallest absolute Gasteiger partial charge is 1.00 e. The number of carbonyl (C=O) groups excluding carboxylic acids is 1. The van der Waals surface area contributed by atoms with Crippen molar-refractivity contribution in [3.05, 3.63) is 0 Å². The summed E-state index contributed by atoms with van der Waals surface area (Å²) in [5.74, 6) is -0.612. The third-order valence-corrected chi connectivity index (χ3v) is 1.83.